The first-order chi connectivity index (χ1) is 8.26. The molecule has 0 atom stereocenters. The topological polar surface area (TPSA) is 61.4 Å². The van der Waals surface area contributed by atoms with Crippen molar-refractivity contribution < 1.29 is 9.90 Å². The van der Waals surface area contributed by atoms with Gasteiger partial charge in [0.05, 0.1) is 0 Å². The van der Waals surface area contributed by atoms with Crippen molar-refractivity contribution in [3.63, 3.8) is 0 Å². The second kappa shape index (κ2) is 7.31. The number of rotatable bonds is 3. The minimum absolute atomic E-state index is 0.172. The first-order valence-corrected chi connectivity index (χ1v) is 5.51. The summed E-state index contributed by atoms with van der Waals surface area (Å²) in [5.41, 5.74) is 1.44. The number of carbonyl (C=O) groups is 1. The van der Waals surface area contributed by atoms with Crippen LogP contribution in [0.15, 0.2) is 24.3 Å². The highest BCUT2D eigenvalue weighted by atomic mass is 16.2. The molecule has 1 rings (SSSR count). The Balaban J connectivity index is 2.62. The van der Waals surface area contributed by atoms with Gasteiger partial charge in [0.1, 0.15) is 6.61 Å². The van der Waals surface area contributed by atoms with Gasteiger partial charge < -0.3 is 15.7 Å². The summed E-state index contributed by atoms with van der Waals surface area (Å²) in [6.45, 7) is 2.47. The maximum absolute atomic E-state index is 11.4. The number of hydrogen-bond acceptors (Lipinski definition) is 2. The molecule has 2 amide bonds. The van der Waals surface area contributed by atoms with E-state index in [9.17, 15) is 4.79 Å². The van der Waals surface area contributed by atoms with E-state index in [-0.39, 0.29) is 12.6 Å². The van der Waals surface area contributed by atoms with Gasteiger partial charge in [-0.25, -0.2) is 4.79 Å². The van der Waals surface area contributed by atoms with Crippen LogP contribution in [0.3, 0.4) is 0 Å². The van der Waals surface area contributed by atoms with E-state index in [0.29, 0.717) is 12.2 Å². The van der Waals surface area contributed by atoms with Crippen molar-refractivity contribution in [3.8, 4) is 11.8 Å². The smallest absolute Gasteiger partial charge is 0.319 e. The van der Waals surface area contributed by atoms with Gasteiger partial charge in [0, 0.05) is 17.8 Å². The molecule has 0 aliphatic carbocycles. The van der Waals surface area contributed by atoms with E-state index in [2.05, 4.69) is 22.5 Å². The van der Waals surface area contributed by atoms with Crippen molar-refractivity contribution in [1.29, 1.82) is 0 Å². The molecule has 0 saturated carbocycles. The zero-order chi connectivity index (χ0) is 12.5. The summed E-state index contributed by atoms with van der Waals surface area (Å²) in [7, 11) is 0. The van der Waals surface area contributed by atoms with Crippen LogP contribution in [0.5, 0.6) is 0 Å². The maximum atomic E-state index is 11.4. The maximum Gasteiger partial charge on any atom is 0.319 e. The Hall–Kier alpha value is -1.99. The molecule has 0 aliphatic rings. The fourth-order valence-corrected chi connectivity index (χ4v) is 1.23. The van der Waals surface area contributed by atoms with Crippen LogP contribution in [-0.2, 0) is 0 Å². The number of aliphatic hydroxyl groups is 1. The number of nitrogens with one attached hydrogen (secondary N) is 2. The van der Waals surface area contributed by atoms with Crippen molar-refractivity contribution in [2.45, 2.75) is 13.3 Å². The van der Waals surface area contributed by atoms with Gasteiger partial charge in [-0.2, -0.15) is 0 Å². The summed E-state index contributed by atoms with van der Waals surface area (Å²) >= 11 is 0. The molecule has 1 aromatic rings. The van der Waals surface area contributed by atoms with E-state index in [1.54, 1.807) is 18.2 Å². The Bertz CT molecular complexity index is 433. The molecule has 0 aliphatic heterocycles. The van der Waals surface area contributed by atoms with Crippen LogP contribution >= 0.6 is 0 Å². The molecule has 4 heteroatoms. The SMILES string of the molecule is CCCNC(=O)Nc1cccc(C#CCO)c1. The second-order valence-corrected chi connectivity index (χ2v) is 3.42. The van der Waals surface area contributed by atoms with Gasteiger partial charge >= 0.3 is 6.03 Å². The summed E-state index contributed by atoms with van der Waals surface area (Å²) in [5.74, 6) is 5.34. The van der Waals surface area contributed by atoms with Gasteiger partial charge in [0.25, 0.3) is 0 Å². The van der Waals surface area contributed by atoms with Crippen LogP contribution in [-0.4, -0.2) is 24.3 Å². The Labute approximate surface area is 101 Å². The molecule has 1 aromatic carbocycles. The van der Waals surface area contributed by atoms with Gasteiger partial charge in [-0.3, -0.25) is 0 Å². The van der Waals surface area contributed by atoms with E-state index in [1.807, 2.05) is 13.0 Å². The molecule has 0 heterocycles. The van der Waals surface area contributed by atoms with Crippen molar-refractivity contribution in [2.75, 3.05) is 18.5 Å². The van der Waals surface area contributed by atoms with E-state index in [0.717, 1.165) is 12.0 Å². The Morgan fingerprint density at radius 3 is 3.00 bits per heavy atom. The summed E-state index contributed by atoms with van der Waals surface area (Å²) < 4.78 is 0. The first kappa shape index (κ1) is 13.1. The highest BCUT2D eigenvalue weighted by Gasteiger charge is 2.00. The normalized spacial score (nSPS) is 9.06. The van der Waals surface area contributed by atoms with Gasteiger partial charge in [0.15, 0.2) is 0 Å². The van der Waals surface area contributed by atoms with Crippen LogP contribution in [0, 0.1) is 11.8 Å². The molecule has 0 saturated heterocycles. The van der Waals surface area contributed by atoms with Crippen LogP contribution in [0.1, 0.15) is 18.9 Å². The summed E-state index contributed by atoms with van der Waals surface area (Å²) in [4.78, 5) is 11.4. The Morgan fingerprint density at radius 2 is 2.29 bits per heavy atom. The molecule has 0 radical (unpaired) electrons. The fourth-order valence-electron chi connectivity index (χ4n) is 1.23. The van der Waals surface area contributed by atoms with Crippen LogP contribution in [0.2, 0.25) is 0 Å². The van der Waals surface area contributed by atoms with Crippen molar-refractivity contribution >= 4 is 11.7 Å². The highest BCUT2D eigenvalue weighted by molar-refractivity contribution is 5.89. The molecular weight excluding hydrogens is 216 g/mol. The number of anilines is 1. The highest BCUT2D eigenvalue weighted by Crippen LogP contribution is 2.09. The molecule has 0 aromatic heterocycles. The van der Waals surface area contributed by atoms with E-state index in [1.165, 1.54) is 0 Å². The molecular formula is C13H16N2O2. The van der Waals surface area contributed by atoms with Crippen molar-refractivity contribution in [3.05, 3.63) is 29.8 Å². The monoisotopic (exact) mass is 232 g/mol. The van der Waals surface area contributed by atoms with Crippen molar-refractivity contribution in [1.82, 2.24) is 5.32 Å². The van der Waals surface area contributed by atoms with E-state index >= 15 is 0 Å². The molecule has 0 bridgehead atoms. The van der Waals surface area contributed by atoms with Gasteiger partial charge in [0.2, 0.25) is 0 Å². The summed E-state index contributed by atoms with van der Waals surface area (Å²) in [5, 5.41) is 14.0. The number of urea groups is 1. The molecule has 0 unspecified atom stereocenters. The molecule has 90 valence electrons. The number of amides is 2. The molecule has 0 spiro atoms. The van der Waals surface area contributed by atoms with Crippen LogP contribution < -0.4 is 10.6 Å². The zero-order valence-electron chi connectivity index (χ0n) is 9.79. The predicted molar refractivity (Wildman–Crippen MR) is 67.7 cm³/mol. The fraction of sp³-hybridized carbons (Fsp3) is 0.308. The molecule has 4 nitrogen and oxygen atoms in total. The molecule has 17 heavy (non-hydrogen) atoms. The Kier molecular flexibility index (Phi) is 5.62. The lowest BCUT2D eigenvalue weighted by Crippen LogP contribution is -2.29. The minimum atomic E-state index is -0.223. The molecule has 3 N–H and O–H groups in total. The lowest BCUT2D eigenvalue weighted by molar-refractivity contribution is 0.252. The van der Waals surface area contributed by atoms with Crippen LogP contribution in [0.4, 0.5) is 10.5 Å². The molecule has 0 fully saturated rings. The average molecular weight is 232 g/mol. The van der Waals surface area contributed by atoms with E-state index in [4.69, 9.17) is 5.11 Å². The van der Waals surface area contributed by atoms with Crippen LogP contribution in [0.25, 0.3) is 0 Å². The predicted octanol–water partition coefficient (Wildman–Crippen LogP) is 1.56. The largest absolute Gasteiger partial charge is 0.384 e. The first-order valence-electron chi connectivity index (χ1n) is 5.51. The lowest BCUT2D eigenvalue weighted by atomic mass is 10.2. The van der Waals surface area contributed by atoms with Crippen molar-refractivity contribution in [2.24, 2.45) is 0 Å². The van der Waals surface area contributed by atoms with Gasteiger partial charge in [-0.05, 0) is 24.6 Å². The summed E-state index contributed by atoms with van der Waals surface area (Å²) in [6, 6.07) is 6.94. The third kappa shape index (κ3) is 5.05. The summed E-state index contributed by atoms with van der Waals surface area (Å²) in [6.07, 6.45) is 0.898. The zero-order valence-corrected chi connectivity index (χ0v) is 9.79. The number of carbonyl (C=O) groups excluding carboxylic acids is 1. The number of benzene rings is 1. The average Bonchev–Trinajstić information content (AvgIpc) is 2.34. The second-order valence-electron chi connectivity index (χ2n) is 3.42. The third-order valence-corrected chi connectivity index (χ3v) is 1.97. The lowest BCUT2D eigenvalue weighted by Gasteiger charge is -2.06. The third-order valence-electron chi connectivity index (χ3n) is 1.97. The van der Waals surface area contributed by atoms with Gasteiger partial charge in [-0.1, -0.05) is 24.8 Å². The Morgan fingerprint density at radius 1 is 1.47 bits per heavy atom. The number of aliphatic hydroxyl groups excluding tert-OH is 1. The minimum Gasteiger partial charge on any atom is -0.384 e. The van der Waals surface area contributed by atoms with E-state index < -0.39 is 0 Å². The number of hydrogen-bond donors (Lipinski definition) is 3. The quantitative estimate of drug-likeness (QED) is 0.693. The van der Waals surface area contributed by atoms with Gasteiger partial charge in [-0.15, -0.1) is 0 Å². The standard InChI is InChI=1S/C13H16N2O2/c1-2-8-14-13(17)15-12-7-3-5-11(10-12)6-4-9-16/h3,5,7,10,16H,2,8-9H2,1H3,(H2,14,15,17).